The van der Waals surface area contributed by atoms with Gasteiger partial charge in [-0.2, -0.15) is 0 Å². The van der Waals surface area contributed by atoms with Gasteiger partial charge in [-0.15, -0.1) is 0 Å². The molecule has 96 valence electrons. The molecule has 0 aliphatic rings. The van der Waals surface area contributed by atoms with Gasteiger partial charge in [-0.05, 0) is 24.3 Å². The summed E-state index contributed by atoms with van der Waals surface area (Å²) >= 11 is 0. The maximum atomic E-state index is 11.1. The minimum atomic E-state index is -0.141. The van der Waals surface area contributed by atoms with Crippen molar-refractivity contribution in [3.63, 3.8) is 0 Å². The second-order valence-electron chi connectivity index (χ2n) is 2.42. The summed E-state index contributed by atoms with van der Waals surface area (Å²) in [5.41, 5.74) is 1.24. The monoisotopic (exact) mass is 238 g/mol. The van der Waals surface area contributed by atoms with Crippen LogP contribution in [-0.4, -0.2) is 19.4 Å². The van der Waals surface area contributed by atoms with Gasteiger partial charge in [0.05, 0.1) is 0 Å². The third-order valence-corrected chi connectivity index (χ3v) is 1.60. The summed E-state index contributed by atoms with van der Waals surface area (Å²) in [6, 6.07) is 6.62. The number of hydrogen-bond donors (Lipinski definition) is 2. The van der Waals surface area contributed by atoms with Crippen LogP contribution in [0.4, 0.5) is 5.69 Å². The Bertz CT molecular complexity index is 308. The minimum absolute atomic E-state index is 0.141. The highest BCUT2D eigenvalue weighted by Crippen LogP contribution is 2.07. The van der Waals surface area contributed by atoms with E-state index in [1.807, 2.05) is 27.7 Å². The molecule has 1 aromatic rings. The lowest BCUT2D eigenvalue weighted by molar-refractivity contribution is -0.105. The third kappa shape index (κ3) is 7.11. The van der Waals surface area contributed by atoms with Gasteiger partial charge >= 0.3 is 0 Å². The Balaban J connectivity index is 0. The summed E-state index contributed by atoms with van der Waals surface area (Å²) in [4.78, 5) is 21.1. The van der Waals surface area contributed by atoms with Crippen molar-refractivity contribution >= 4 is 18.0 Å². The highest BCUT2D eigenvalue weighted by molar-refractivity contribution is 5.94. The van der Waals surface area contributed by atoms with Gasteiger partial charge in [0.15, 0.2) is 0 Å². The van der Waals surface area contributed by atoms with Crippen molar-refractivity contribution in [3.05, 3.63) is 29.8 Å². The predicted molar refractivity (Wildman–Crippen MR) is 72.2 cm³/mol. The van der Waals surface area contributed by atoms with Gasteiger partial charge in [-0.1, -0.05) is 27.7 Å². The fourth-order valence-corrected chi connectivity index (χ4v) is 0.930. The van der Waals surface area contributed by atoms with Crippen molar-refractivity contribution in [1.29, 1.82) is 0 Å². The van der Waals surface area contributed by atoms with Crippen LogP contribution in [0, 0.1) is 0 Å². The minimum Gasteiger partial charge on any atom is -0.355 e. The van der Waals surface area contributed by atoms with Crippen LogP contribution in [0.5, 0.6) is 0 Å². The summed E-state index contributed by atoms with van der Waals surface area (Å²) in [6.45, 7) is 8.00. The first-order chi connectivity index (χ1) is 8.27. The molecule has 4 heteroatoms. The highest BCUT2D eigenvalue weighted by Gasteiger charge is 2.00. The summed E-state index contributed by atoms with van der Waals surface area (Å²) in [5, 5.41) is 4.98. The average Bonchev–Trinajstić information content (AvgIpc) is 2.43. The molecule has 0 aliphatic carbocycles. The molecular weight excluding hydrogens is 216 g/mol. The number of benzene rings is 1. The molecule has 4 nitrogen and oxygen atoms in total. The van der Waals surface area contributed by atoms with Crippen LogP contribution in [0.3, 0.4) is 0 Å². The van der Waals surface area contributed by atoms with Crippen LogP contribution in [0.2, 0.25) is 0 Å². The third-order valence-electron chi connectivity index (χ3n) is 1.60. The fourth-order valence-electron chi connectivity index (χ4n) is 0.930. The van der Waals surface area contributed by atoms with Crippen molar-refractivity contribution < 1.29 is 9.59 Å². The topological polar surface area (TPSA) is 58.2 Å². The van der Waals surface area contributed by atoms with Crippen LogP contribution in [0.1, 0.15) is 38.1 Å². The molecule has 0 heterocycles. The normalized spacial score (nSPS) is 7.59. The Morgan fingerprint density at radius 1 is 1.06 bits per heavy atom. The van der Waals surface area contributed by atoms with Gasteiger partial charge < -0.3 is 10.6 Å². The maximum absolute atomic E-state index is 11.1. The molecular formula is C13H22N2O2. The van der Waals surface area contributed by atoms with Gasteiger partial charge in [0.2, 0.25) is 6.41 Å². The SMILES string of the molecule is CC.CC.CNC(=O)c1ccc(NC=O)cc1. The smallest absolute Gasteiger partial charge is 0.251 e. The zero-order chi connectivity index (χ0) is 13.7. The molecule has 0 aliphatic heterocycles. The molecule has 0 spiro atoms. The number of nitrogens with one attached hydrogen (secondary N) is 2. The van der Waals surface area contributed by atoms with Crippen molar-refractivity contribution in [3.8, 4) is 0 Å². The van der Waals surface area contributed by atoms with Crippen molar-refractivity contribution in [2.24, 2.45) is 0 Å². The molecule has 0 unspecified atom stereocenters. The van der Waals surface area contributed by atoms with Crippen LogP contribution in [0.15, 0.2) is 24.3 Å². The molecule has 1 aromatic carbocycles. The number of amides is 2. The number of rotatable bonds is 3. The lowest BCUT2D eigenvalue weighted by Crippen LogP contribution is -2.17. The van der Waals surface area contributed by atoms with Crippen LogP contribution < -0.4 is 10.6 Å². The van der Waals surface area contributed by atoms with Crippen LogP contribution in [-0.2, 0) is 4.79 Å². The molecule has 0 aromatic heterocycles. The van der Waals surface area contributed by atoms with Gasteiger partial charge in [0, 0.05) is 18.3 Å². The molecule has 0 bridgehead atoms. The molecule has 0 saturated carbocycles. The second-order valence-corrected chi connectivity index (χ2v) is 2.42. The Morgan fingerprint density at radius 2 is 1.53 bits per heavy atom. The van der Waals surface area contributed by atoms with E-state index in [2.05, 4.69) is 10.6 Å². The van der Waals surface area contributed by atoms with E-state index >= 15 is 0 Å². The van der Waals surface area contributed by atoms with E-state index in [4.69, 9.17) is 0 Å². The van der Waals surface area contributed by atoms with Crippen LogP contribution in [0.25, 0.3) is 0 Å². The van der Waals surface area contributed by atoms with Crippen molar-refractivity contribution in [1.82, 2.24) is 5.32 Å². The van der Waals surface area contributed by atoms with Gasteiger partial charge in [0.25, 0.3) is 5.91 Å². The van der Waals surface area contributed by atoms with E-state index < -0.39 is 0 Å². The molecule has 2 amide bonds. The average molecular weight is 238 g/mol. The van der Waals surface area contributed by atoms with Gasteiger partial charge in [-0.25, -0.2) is 0 Å². The summed E-state index contributed by atoms with van der Waals surface area (Å²) < 4.78 is 0. The lowest BCUT2D eigenvalue weighted by atomic mass is 10.2. The molecule has 1 rings (SSSR count). The van der Waals surface area contributed by atoms with E-state index in [0.717, 1.165) is 0 Å². The number of hydrogen-bond acceptors (Lipinski definition) is 2. The zero-order valence-electron chi connectivity index (χ0n) is 11.2. The summed E-state index contributed by atoms with van der Waals surface area (Å²) in [5.74, 6) is -0.141. The van der Waals surface area contributed by atoms with Gasteiger partial charge in [-0.3, -0.25) is 9.59 Å². The van der Waals surface area contributed by atoms with E-state index in [0.29, 0.717) is 17.7 Å². The van der Waals surface area contributed by atoms with Crippen molar-refractivity contribution in [2.75, 3.05) is 12.4 Å². The first kappa shape index (κ1) is 17.6. The molecule has 0 fully saturated rings. The Labute approximate surface area is 103 Å². The standard InChI is InChI=1S/C9H10N2O2.2C2H6/c1-10-9(13)7-2-4-8(5-3-7)11-6-12;2*1-2/h2-6H,1H3,(H,10,13)(H,11,12);2*1-2H3. The molecule has 2 N–H and O–H groups in total. The second kappa shape index (κ2) is 12.2. The van der Waals surface area contributed by atoms with E-state index in [1.54, 1.807) is 31.3 Å². The number of carbonyl (C=O) groups is 2. The fraction of sp³-hybridized carbons (Fsp3) is 0.385. The Hall–Kier alpha value is -1.84. The quantitative estimate of drug-likeness (QED) is 0.795. The first-order valence-corrected chi connectivity index (χ1v) is 5.80. The number of anilines is 1. The largest absolute Gasteiger partial charge is 0.355 e. The van der Waals surface area contributed by atoms with E-state index in [-0.39, 0.29) is 5.91 Å². The molecule has 17 heavy (non-hydrogen) atoms. The first-order valence-electron chi connectivity index (χ1n) is 5.80. The maximum Gasteiger partial charge on any atom is 0.251 e. The zero-order valence-corrected chi connectivity index (χ0v) is 11.2. The molecule has 0 atom stereocenters. The summed E-state index contributed by atoms with van der Waals surface area (Å²) in [7, 11) is 1.57. The van der Waals surface area contributed by atoms with Gasteiger partial charge in [0.1, 0.15) is 0 Å². The Kier molecular flexibility index (Phi) is 12.6. The molecule has 0 radical (unpaired) electrons. The van der Waals surface area contributed by atoms with E-state index in [1.165, 1.54) is 0 Å². The molecule has 0 saturated heterocycles. The summed E-state index contributed by atoms with van der Waals surface area (Å²) in [6.07, 6.45) is 0.592. The predicted octanol–water partition coefficient (Wildman–Crippen LogP) is 2.67. The van der Waals surface area contributed by atoms with Crippen LogP contribution >= 0.6 is 0 Å². The van der Waals surface area contributed by atoms with E-state index in [9.17, 15) is 9.59 Å². The Morgan fingerprint density at radius 3 is 1.88 bits per heavy atom. The number of carbonyl (C=O) groups excluding carboxylic acids is 2. The lowest BCUT2D eigenvalue weighted by Gasteiger charge is -2.01. The van der Waals surface area contributed by atoms with Crippen molar-refractivity contribution in [2.45, 2.75) is 27.7 Å². The highest BCUT2D eigenvalue weighted by atomic mass is 16.1.